The van der Waals surface area contributed by atoms with E-state index in [2.05, 4.69) is 4.98 Å². The third-order valence-electron chi connectivity index (χ3n) is 2.08. The van der Waals surface area contributed by atoms with Crippen LogP contribution in [0.25, 0.3) is 0 Å². The summed E-state index contributed by atoms with van der Waals surface area (Å²) in [5.74, 6) is -2.80. The number of nitrogens with one attached hydrogen (secondary N) is 1. The van der Waals surface area contributed by atoms with Crippen LogP contribution < -0.4 is 5.32 Å². The molecular weight excluding hydrogens is 289 g/mol. The van der Waals surface area contributed by atoms with Gasteiger partial charge in [-0.3, -0.25) is 4.79 Å². The summed E-state index contributed by atoms with van der Waals surface area (Å²) in [6.07, 6.45) is -6.26. The normalized spacial score (nSPS) is 14.8. The minimum Gasteiger partial charge on any atom is -0.480 e. The summed E-state index contributed by atoms with van der Waals surface area (Å²) in [5.41, 5.74) is -0.555. The van der Waals surface area contributed by atoms with Crippen molar-refractivity contribution in [1.82, 2.24) is 10.3 Å². The number of hydrogen-bond acceptors (Lipinski definition) is 5. The second kappa shape index (κ2) is 5.53. The van der Waals surface area contributed by atoms with Crippen LogP contribution in [0.5, 0.6) is 0 Å². The molecule has 0 aliphatic carbocycles. The molecule has 19 heavy (non-hydrogen) atoms. The number of hydrogen-bond donors (Lipinski definition) is 3. The highest BCUT2D eigenvalue weighted by Crippen LogP contribution is 2.32. The van der Waals surface area contributed by atoms with Crippen LogP contribution in [-0.2, 0) is 11.0 Å². The van der Waals surface area contributed by atoms with E-state index in [1.807, 2.05) is 5.32 Å². The number of aliphatic hydroxyl groups is 1. The minimum absolute atomic E-state index is 0.432. The van der Waals surface area contributed by atoms with Crippen molar-refractivity contribution >= 4 is 23.2 Å². The van der Waals surface area contributed by atoms with Crippen LogP contribution in [0.15, 0.2) is 5.51 Å². The van der Waals surface area contributed by atoms with Gasteiger partial charge in [-0.25, -0.2) is 9.78 Å². The molecule has 0 radical (unpaired) electrons. The third kappa shape index (κ3) is 3.64. The molecule has 2 unspecified atom stereocenters. The zero-order chi connectivity index (χ0) is 14.8. The SMILES string of the molecule is CC(O)C(NC(=O)c1scnc1C(F)(F)F)C(=O)O. The van der Waals surface area contributed by atoms with Gasteiger partial charge in [-0.2, -0.15) is 13.2 Å². The molecule has 106 valence electrons. The van der Waals surface area contributed by atoms with Gasteiger partial charge in [0.1, 0.15) is 4.88 Å². The molecule has 0 saturated carbocycles. The van der Waals surface area contributed by atoms with Crippen LogP contribution >= 0.6 is 11.3 Å². The molecule has 0 bridgehead atoms. The lowest BCUT2D eigenvalue weighted by atomic mass is 10.2. The number of aliphatic hydroxyl groups excluding tert-OH is 1. The van der Waals surface area contributed by atoms with Crippen molar-refractivity contribution in [1.29, 1.82) is 0 Å². The summed E-state index contributed by atoms with van der Waals surface area (Å²) >= 11 is 0.432. The van der Waals surface area contributed by atoms with E-state index >= 15 is 0 Å². The van der Waals surface area contributed by atoms with Crippen LogP contribution in [0.4, 0.5) is 13.2 Å². The smallest absolute Gasteiger partial charge is 0.434 e. The number of amides is 1. The Bertz CT molecular complexity index is 486. The van der Waals surface area contributed by atoms with E-state index in [1.54, 1.807) is 0 Å². The first kappa shape index (κ1) is 15.4. The van der Waals surface area contributed by atoms with Gasteiger partial charge in [0.2, 0.25) is 0 Å². The molecule has 0 fully saturated rings. The lowest BCUT2D eigenvalue weighted by Gasteiger charge is -2.16. The van der Waals surface area contributed by atoms with Crippen molar-refractivity contribution in [2.45, 2.75) is 25.2 Å². The van der Waals surface area contributed by atoms with E-state index in [9.17, 15) is 22.8 Å². The van der Waals surface area contributed by atoms with Gasteiger partial charge in [0.05, 0.1) is 11.6 Å². The fourth-order valence-electron chi connectivity index (χ4n) is 1.20. The molecule has 0 aliphatic rings. The molecule has 1 heterocycles. The predicted molar refractivity (Wildman–Crippen MR) is 57.7 cm³/mol. The van der Waals surface area contributed by atoms with E-state index in [0.29, 0.717) is 11.3 Å². The van der Waals surface area contributed by atoms with Gasteiger partial charge in [-0.15, -0.1) is 11.3 Å². The molecule has 6 nitrogen and oxygen atoms in total. The molecule has 0 aromatic carbocycles. The first-order valence-electron chi connectivity index (χ1n) is 4.87. The Hall–Kier alpha value is -1.68. The van der Waals surface area contributed by atoms with Crippen molar-refractivity contribution in [2.75, 3.05) is 0 Å². The number of nitrogens with zero attached hydrogens (tertiary/aromatic N) is 1. The van der Waals surface area contributed by atoms with Gasteiger partial charge in [-0.05, 0) is 6.92 Å². The molecule has 1 aromatic heterocycles. The molecular formula is C9H9F3N2O4S. The van der Waals surface area contributed by atoms with Crippen molar-refractivity contribution in [3.8, 4) is 0 Å². The highest BCUT2D eigenvalue weighted by molar-refractivity contribution is 7.11. The lowest BCUT2D eigenvalue weighted by Crippen LogP contribution is -2.47. The van der Waals surface area contributed by atoms with Gasteiger partial charge in [-0.1, -0.05) is 0 Å². The number of aromatic nitrogens is 1. The fourth-order valence-corrected chi connectivity index (χ4v) is 1.91. The average Bonchev–Trinajstić information content (AvgIpc) is 2.72. The molecule has 1 amide bonds. The monoisotopic (exact) mass is 298 g/mol. The quantitative estimate of drug-likeness (QED) is 0.761. The number of carboxylic acid groups (broad SMARTS) is 1. The lowest BCUT2D eigenvalue weighted by molar-refractivity contribution is -0.141. The highest BCUT2D eigenvalue weighted by Gasteiger charge is 2.39. The summed E-state index contributed by atoms with van der Waals surface area (Å²) in [7, 11) is 0. The predicted octanol–water partition coefficient (Wildman–Crippen LogP) is 0.726. The van der Waals surface area contributed by atoms with E-state index in [0.717, 1.165) is 12.4 Å². The molecule has 2 atom stereocenters. The number of aliphatic carboxylic acids is 1. The Kier molecular flexibility index (Phi) is 4.48. The molecule has 0 aliphatic heterocycles. The van der Waals surface area contributed by atoms with Gasteiger partial charge in [0.15, 0.2) is 11.7 Å². The molecule has 0 spiro atoms. The number of thiazole rings is 1. The third-order valence-corrected chi connectivity index (χ3v) is 2.90. The molecule has 1 aromatic rings. The van der Waals surface area contributed by atoms with Crippen LogP contribution in [0, 0.1) is 0 Å². The Morgan fingerprint density at radius 1 is 1.47 bits per heavy atom. The molecule has 3 N–H and O–H groups in total. The van der Waals surface area contributed by atoms with E-state index in [1.165, 1.54) is 0 Å². The van der Waals surface area contributed by atoms with E-state index < -0.39 is 40.8 Å². The zero-order valence-corrected chi connectivity index (χ0v) is 10.2. The number of alkyl halides is 3. The van der Waals surface area contributed by atoms with Crippen LogP contribution in [0.1, 0.15) is 22.3 Å². The first-order chi connectivity index (χ1) is 8.64. The summed E-state index contributed by atoms with van der Waals surface area (Å²) in [6, 6.07) is -1.70. The number of carboxylic acids is 1. The molecule has 10 heteroatoms. The van der Waals surface area contributed by atoms with E-state index in [4.69, 9.17) is 10.2 Å². The van der Waals surface area contributed by atoms with Gasteiger partial charge < -0.3 is 15.5 Å². The van der Waals surface area contributed by atoms with Gasteiger partial charge in [0.25, 0.3) is 5.91 Å². The maximum Gasteiger partial charge on any atom is 0.434 e. The Morgan fingerprint density at radius 3 is 2.47 bits per heavy atom. The number of halogens is 3. The number of carbonyl (C=O) groups is 2. The summed E-state index contributed by atoms with van der Waals surface area (Å²) < 4.78 is 37.5. The van der Waals surface area contributed by atoms with Crippen molar-refractivity contribution < 1.29 is 33.0 Å². The Labute approximate surface area is 108 Å². The minimum atomic E-state index is -4.81. The summed E-state index contributed by atoms with van der Waals surface area (Å²) in [4.78, 5) is 24.6. The van der Waals surface area contributed by atoms with Gasteiger partial charge in [0, 0.05) is 0 Å². The first-order valence-corrected chi connectivity index (χ1v) is 5.75. The topological polar surface area (TPSA) is 99.5 Å². The second-order valence-electron chi connectivity index (χ2n) is 3.56. The molecule has 1 rings (SSSR count). The van der Waals surface area contributed by atoms with Crippen molar-refractivity contribution in [3.63, 3.8) is 0 Å². The van der Waals surface area contributed by atoms with Crippen molar-refractivity contribution in [2.24, 2.45) is 0 Å². The van der Waals surface area contributed by atoms with Crippen molar-refractivity contribution in [3.05, 3.63) is 16.1 Å². The fraction of sp³-hybridized carbons (Fsp3) is 0.444. The standard InChI is InChI=1S/C9H9F3N2O4S/c1-3(15)4(8(17)18)14-7(16)5-6(9(10,11)12)13-2-19-5/h2-4,15H,1H3,(H,14,16)(H,17,18). The highest BCUT2D eigenvalue weighted by atomic mass is 32.1. The van der Waals surface area contributed by atoms with Crippen LogP contribution in [-0.4, -0.2) is 39.2 Å². The Morgan fingerprint density at radius 2 is 2.05 bits per heavy atom. The number of rotatable bonds is 4. The molecule has 0 saturated heterocycles. The Balaban J connectivity index is 2.96. The maximum absolute atomic E-state index is 12.5. The van der Waals surface area contributed by atoms with E-state index in [-0.39, 0.29) is 0 Å². The summed E-state index contributed by atoms with van der Waals surface area (Å²) in [5, 5.41) is 19.7. The summed E-state index contributed by atoms with van der Waals surface area (Å²) in [6.45, 7) is 1.09. The second-order valence-corrected chi connectivity index (χ2v) is 4.41. The number of carbonyl (C=O) groups excluding carboxylic acids is 1. The average molecular weight is 298 g/mol. The van der Waals surface area contributed by atoms with Crippen LogP contribution in [0.2, 0.25) is 0 Å². The van der Waals surface area contributed by atoms with Gasteiger partial charge >= 0.3 is 12.1 Å². The van der Waals surface area contributed by atoms with Crippen LogP contribution in [0.3, 0.4) is 0 Å². The largest absolute Gasteiger partial charge is 0.480 e. The zero-order valence-electron chi connectivity index (χ0n) is 9.43. The maximum atomic E-state index is 12.5.